The summed E-state index contributed by atoms with van der Waals surface area (Å²) < 4.78 is 14.4. The minimum atomic E-state index is -0.380. The number of halogens is 3. The number of aromatic amines is 1. The monoisotopic (exact) mass is 388 g/mol. The van der Waals surface area contributed by atoms with Gasteiger partial charge in [-0.15, -0.1) is 0 Å². The molecule has 0 fully saturated rings. The third kappa shape index (κ3) is 2.95. The lowest BCUT2D eigenvalue weighted by atomic mass is 10.1. The molecule has 0 aliphatic carbocycles. The summed E-state index contributed by atoms with van der Waals surface area (Å²) in [5.41, 5.74) is 0.895. The van der Waals surface area contributed by atoms with Gasteiger partial charge in [-0.25, -0.2) is 9.37 Å². The minimum absolute atomic E-state index is 0.0859. The van der Waals surface area contributed by atoms with Crippen LogP contribution in [-0.4, -0.2) is 9.97 Å². The van der Waals surface area contributed by atoms with Crippen molar-refractivity contribution in [3.63, 3.8) is 0 Å². The van der Waals surface area contributed by atoms with Gasteiger partial charge in [0.2, 0.25) is 0 Å². The molecule has 1 N–H and O–H groups in total. The molecule has 0 unspecified atom stereocenters. The summed E-state index contributed by atoms with van der Waals surface area (Å²) in [6.07, 6.45) is 0. The second kappa shape index (κ2) is 5.54. The van der Waals surface area contributed by atoms with E-state index >= 15 is 0 Å². The molecule has 0 saturated carbocycles. The van der Waals surface area contributed by atoms with Crippen LogP contribution in [-0.2, 0) is 0 Å². The van der Waals surface area contributed by atoms with E-state index in [-0.39, 0.29) is 17.3 Å². The Morgan fingerprint density at radius 2 is 2.00 bits per heavy atom. The number of aromatic nitrogens is 2. The van der Waals surface area contributed by atoms with Crippen molar-refractivity contribution in [3.8, 4) is 11.4 Å². The molecule has 1 heterocycles. The minimum Gasteiger partial charge on any atom is -0.305 e. The number of H-pyrrole nitrogens is 1. The summed E-state index contributed by atoms with van der Waals surface area (Å²) in [6, 6.07) is 4.26. The highest BCUT2D eigenvalue weighted by atomic mass is 79.9. The zero-order valence-corrected chi connectivity index (χ0v) is 13.5. The fraction of sp³-hybridized carbons (Fsp3) is 0.231. The SMILES string of the molecule is CC(C)c1nc(-c2cc(F)ccc2Br)[nH]c(=O)c1Br. The van der Waals surface area contributed by atoms with Gasteiger partial charge in [-0.05, 0) is 40.0 Å². The molecule has 0 spiro atoms. The molecule has 0 amide bonds. The van der Waals surface area contributed by atoms with E-state index in [1.807, 2.05) is 13.8 Å². The Morgan fingerprint density at radius 1 is 1.32 bits per heavy atom. The van der Waals surface area contributed by atoms with Crippen LogP contribution in [0.15, 0.2) is 31.9 Å². The molecule has 2 rings (SSSR count). The van der Waals surface area contributed by atoms with Crippen molar-refractivity contribution in [2.45, 2.75) is 19.8 Å². The van der Waals surface area contributed by atoms with Crippen molar-refractivity contribution in [1.82, 2.24) is 9.97 Å². The molecule has 1 aromatic carbocycles. The molecule has 6 heteroatoms. The van der Waals surface area contributed by atoms with Crippen LogP contribution in [0.25, 0.3) is 11.4 Å². The average molecular weight is 390 g/mol. The van der Waals surface area contributed by atoms with Crippen LogP contribution in [0.4, 0.5) is 4.39 Å². The van der Waals surface area contributed by atoms with Gasteiger partial charge in [-0.2, -0.15) is 0 Å². The molecule has 1 aromatic heterocycles. The largest absolute Gasteiger partial charge is 0.305 e. The first-order chi connectivity index (χ1) is 8.90. The number of hydrogen-bond acceptors (Lipinski definition) is 2. The normalized spacial score (nSPS) is 11.1. The standard InChI is InChI=1S/C13H11Br2FN2O/c1-6(2)11-10(15)13(19)18-12(17-11)8-5-7(16)3-4-9(8)14/h3-6H,1-2H3,(H,17,18,19). The fourth-order valence-electron chi connectivity index (χ4n) is 1.67. The highest BCUT2D eigenvalue weighted by Gasteiger charge is 2.15. The summed E-state index contributed by atoms with van der Waals surface area (Å²) in [6.45, 7) is 3.88. The maximum atomic E-state index is 13.3. The highest BCUT2D eigenvalue weighted by molar-refractivity contribution is 9.10. The number of rotatable bonds is 2. The second-order valence-corrected chi connectivity index (χ2v) is 6.04. The lowest BCUT2D eigenvalue weighted by molar-refractivity contribution is 0.628. The van der Waals surface area contributed by atoms with Crippen LogP contribution in [0.3, 0.4) is 0 Å². The summed E-state index contributed by atoms with van der Waals surface area (Å²) >= 11 is 6.56. The molecular weight excluding hydrogens is 379 g/mol. The van der Waals surface area contributed by atoms with E-state index in [0.29, 0.717) is 26.0 Å². The molecule has 0 bridgehead atoms. The third-order valence-electron chi connectivity index (χ3n) is 2.62. The van der Waals surface area contributed by atoms with Crippen LogP contribution in [0.1, 0.15) is 25.5 Å². The summed E-state index contributed by atoms with van der Waals surface area (Å²) in [5.74, 6) is 0.0564. The smallest absolute Gasteiger partial charge is 0.265 e. The Kier molecular flexibility index (Phi) is 4.20. The third-order valence-corrected chi connectivity index (χ3v) is 4.08. The van der Waals surface area contributed by atoms with E-state index < -0.39 is 0 Å². The van der Waals surface area contributed by atoms with Gasteiger partial charge < -0.3 is 4.98 Å². The molecule has 3 nitrogen and oxygen atoms in total. The first-order valence-electron chi connectivity index (χ1n) is 5.65. The number of nitrogens with one attached hydrogen (secondary N) is 1. The first kappa shape index (κ1) is 14.4. The van der Waals surface area contributed by atoms with Gasteiger partial charge in [0.1, 0.15) is 16.1 Å². The van der Waals surface area contributed by atoms with Crippen LogP contribution < -0.4 is 5.56 Å². The molecule has 0 saturated heterocycles. The zero-order chi connectivity index (χ0) is 14.2. The lowest BCUT2D eigenvalue weighted by Gasteiger charge is -2.10. The average Bonchev–Trinajstić information content (AvgIpc) is 2.35. The van der Waals surface area contributed by atoms with Crippen molar-refractivity contribution in [2.75, 3.05) is 0 Å². The van der Waals surface area contributed by atoms with Crippen LogP contribution >= 0.6 is 31.9 Å². The maximum Gasteiger partial charge on any atom is 0.265 e. The highest BCUT2D eigenvalue weighted by Crippen LogP contribution is 2.28. The van der Waals surface area contributed by atoms with E-state index in [9.17, 15) is 9.18 Å². The topological polar surface area (TPSA) is 45.8 Å². The van der Waals surface area contributed by atoms with Gasteiger partial charge in [-0.1, -0.05) is 29.8 Å². The second-order valence-electron chi connectivity index (χ2n) is 4.39. The Morgan fingerprint density at radius 3 is 2.63 bits per heavy atom. The van der Waals surface area contributed by atoms with Gasteiger partial charge in [0.05, 0.1) is 5.69 Å². The Balaban J connectivity index is 2.70. The van der Waals surface area contributed by atoms with Gasteiger partial charge >= 0.3 is 0 Å². The molecule has 100 valence electrons. The molecule has 0 radical (unpaired) electrons. The molecule has 0 atom stereocenters. The van der Waals surface area contributed by atoms with E-state index in [1.165, 1.54) is 12.1 Å². The maximum absolute atomic E-state index is 13.3. The van der Waals surface area contributed by atoms with Crippen molar-refractivity contribution < 1.29 is 4.39 Å². The Labute approximate surface area is 126 Å². The van der Waals surface area contributed by atoms with Gasteiger partial charge in [-0.3, -0.25) is 4.79 Å². The molecule has 2 aromatic rings. The van der Waals surface area contributed by atoms with Crippen molar-refractivity contribution in [2.24, 2.45) is 0 Å². The predicted molar refractivity (Wildman–Crippen MR) is 79.7 cm³/mol. The number of nitrogens with zero attached hydrogens (tertiary/aromatic N) is 1. The molecule has 0 aliphatic heterocycles. The van der Waals surface area contributed by atoms with E-state index in [4.69, 9.17) is 0 Å². The lowest BCUT2D eigenvalue weighted by Crippen LogP contribution is -2.14. The van der Waals surface area contributed by atoms with Gasteiger partial charge in [0.25, 0.3) is 5.56 Å². The summed E-state index contributed by atoms with van der Waals surface area (Å²) in [5, 5.41) is 0. The molecular formula is C13H11Br2FN2O. The predicted octanol–water partition coefficient (Wildman–Crippen LogP) is 4.22. The van der Waals surface area contributed by atoms with E-state index in [0.717, 1.165) is 0 Å². The number of benzene rings is 1. The molecule has 0 aliphatic rings. The first-order valence-corrected chi connectivity index (χ1v) is 7.24. The number of hydrogen-bond donors (Lipinski definition) is 1. The van der Waals surface area contributed by atoms with Gasteiger partial charge in [0, 0.05) is 10.0 Å². The van der Waals surface area contributed by atoms with E-state index in [1.54, 1.807) is 6.07 Å². The summed E-state index contributed by atoms with van der Waals surface area (Å²) in [4.78, 5) is 18.9. The molecule has 19 heavy (non-hydrogen) atoms. The van der Waals surface area contributed by atoms with Crippen LogP contribution in [0.2, 0.25) is 0 Å². The van der Waals surface area contributed by atoms with Crippen molar-refractivity contribution in [1.29, 1.82) is 0 Å². The Bertz CT molecular complexity index is 683. The van der Waals surface area contributed by atoms with Crippen LogP contribution in [0.5, 0.6) is 0 Å². The van der Waals surface area contributed by atoms with Crippen molar-refractivity contribution in [3.05, 3.63) is 49.0 Å². The summed E-state index contributed by atoms with van der Waals surface area (Å²) in [7, 11) is 0. The van der Waals surface area contributed by atoms with Crippen molar-refractivity contribution >= 4 is 31.9 Å². The fourth-order valence-corrected chi connectivity index (χ4v) is 2.75. The Hall–Kier alpha value is -1.01. The van der Waals surface area contributed by atoms with Gasteiger partial charge in [0.15, 0.2) is 0 Å². The quantitative estimate of drug-likeness (QED) is 0.835. The van der Waals surface area contributed by atoms with E-state index in [2.05, 4.69) is 41.8 Å². The van der Waals surface area contributed by atoms with Crippen LogP contribution in [0, 0.1) is 5.82 Å². The zero-order valence-electron chi connectivity index (χ0n) is 10.3.